The molecule has 14 heavy (non-hydrogen) atoms. The van der Waals surface area contributed by atoms with Crippen LogP contribution in [0.1, 0.15) is 30.6 Å². The molecule has 76 valence electrons. The third-order valence-electron chi connectivity index (χ3n) is 2.64. The second-order valence-electron chi connectivity index (χ2n) is 3.48. The summed E-state index contributed by atoms with van der Waals surface area (Å²) in [5.74, 6) is 0.0445. The van der Waals surface area contributed by atoms with Crippen LogP contribution in [0.2, 0.25) is 0 Å². The molecule has 1 rings (SSSR count). The Morgan fingerprint density at radius 1 is 1.36 bits per heavy atom. The van der Waals surface area contributed by atoms with E-state index in [1.54, 1.807) is 7.11 Å². The Balaban J connectivity index is 2.95. The summed E-state index contributed by atoms with van der Waals surface area (Å²) in [5.41, 5.74) is 0.0140. The maximum Gasteiger partial charge on any atom is 0.194 e. The second-order valence-corrected chi connectivity index (χ2v) is 3.48. The molecule has 0 heterocycles. The number of benzene rings is 1. The summed E-state index contributed by atoms with van der Waals surface area (Å²) in [4.78, 5) is 12.0. The smallest absolute Gasteiger partial charge is 0.194 e. The van der Waals surface area contributed by atoms with Crippen molar-refractivity contribution in [3.63, 3.8) is 0 Å². The summed E-state index contributed by atoms with van der Waals surface area (Å²) < 4.78 is 5.25. The lowest BCUT2D eigenvalue weighted by Crippen LogP contribution is -2.36. The average Bonchev–Trinajstić information content (AvgIpc) is 2.28. The monoisotopic (exact) mass is 192 g/mol. The predicted octanol–water partition coefficient (Wildman–Crippen LogP) is 2.68. The van der Waals surface area contributed by atoms with E-state index in [4.69, 9.17) is 4.74 Å². The van der Waals surface area contributed by atoms with Gasteiger partial charge in [0.15, 0.2) is 5.78 Å². The largest absolute Gasteiger partial charge is 0.370 e. The van der Waals surface area contributed by atoms with Crippen molar-refractivity contribution in [2.24, 2.45) is 0 Å². The molecule has 0 radical (unpaired) electrons. The topological polar surface area (TPSA) is 26.3 Å². The van der Waals surface area contributed by atoms with Gasteiger partial charge in [-0.25, -0.2) is 0 Å². The van der Waals surface area contributed by atoms with Crippen LogP contribution in [0.15, 0.2) is 30.3 Å². The Kier molecular flexibility index (Phi) is 3.42. The Morgan fingerprint density at radius 2 is 1.93 bits per heavy atom. The molecule has 0 aliphatic carbocycles. The first-order valence-corrected chi connectivity index (χ1v) is 4.79. The first-order chi connectivity index (χ1) is 6.64. The summed E-state index contributed by atoms with van der Waals surface area (Å²) >= 11 is 0. The van der Waals surface area contributed by atoms with Gasteiger partial charge in [-0.3, -0.25) is 4.79 Å². The Labute approximate surface area is 84.9 Å². The lowest BCUT2D eigenvalue weighted by molar-refractivity contribution is 0.0106. The van der Waals surface area contributed by atoms with Gasteiger partial charge in [-0.05, 0) is 13.3 Å². The molecule has 0 spiro atoms. The van der Waals surface area contributed by atoms with E-state index < -0.39 is 5.60 Å². The Bertz CT molecular complexity index is 299. The zero-order valence-electron chi connectivity index (χ0n) is 8.91. The zero-order valence-corrected chi connectivity index (χ0v) is 8.91. The van der Waals surface area contributed by atoms with Crippen molar-refractivity contribution >= 4 is 5.78 Å². The van der Waals surface area contributed by atoms with E-state index in [0.717, 1.165) is 0 Å². The first kappa shape index (κ1) is 10.9. The van der Waals surface area contributed by atoms with E-state index in [1.165, 1.54) is 0 Å². The molecule has 0 aromatic heterocycles. The Hall–Kier alpha value is -1.15. The molecule has 0 aliphatic heterocycles. The van der Waals surface area contributed by atoms with E-state index in [-0.39, 0.29) is 5.78 Å². The van der Waals surface area contributed by atoms with Crippen LogP contribution in [-0.2, 0) is 4.74 Å². The van der Waals surface area contributed by atoms with Gasteiger partial charge in [0.25, 0.3) is 0 Å². The lowest BCUT2D eigenvalue weighted by atomic mass is 9.92. The van der Waals surface area contributed by atoms with Crippen molar-refractivity contribution in [2.75, 3.05) is 7.11 Å². The number of Topliss-reactive ketones (excluding diaryl/α,β-unsaturated/α-hetero) is 1. The molecule has 0 saturated heterocycles. The van der Waals surface area contributed by atoms with Crippen LogP contribution in [0.25, 0.3) is 0 Å². The number of ether oxygens (including phenoxy) is 1. The maximum atomic E-state index is 12.0. The van der Waals surface area contributed by atoms with E-state index in [9.17, 15) is 4.79 Å². The van der Waals surface area contributed by atoms with Crippen molar-refractivity contribution in [3.8, 4) is 0 Å². The van der Waals surface area contributed by atoms with Crippen LogP contribution >= 0.6 is 0 Å². The van der Waals surface area contributed by atoms with Crippen LogP contribution in [0.5, 0.6) is 0 Å². The summed E-state index contributed by atoms with van der Waals surface area (Å²) in [6.07, 6.45) is 0.678. The van der Waals surface area contributed by atoms with Gasteiger partial charge in [-0.1, -0.05) is 37.3 Å². The minimum atomic E-state index is -0.693. The highest BCUT2D eigenvalue weighted by Gasteiger charge is 2.31. The van der Waals surface area contributed by atoms with E-state index in [2.05, 4.69) is 0 Å². The van der Waals surface area contributed by atoms with Gasteiger partial charge in [-0.2, -0.15) is 0 Å². The molecular formula is C12H16O2. The number of carbonyl (C=O) groups is 1. The fourth-order valence-corrected chi connectivity index (χ4v) is 1.29. The SMILES string of the molecule is CCC(C)(OC)C(=O)c1ccccc1. The molecule has 0 fully saturated rings. The molecule has 1 aromatic carbocycles. The number of rotatable bonds is 4. The van der Waals surface area contributed by atoms with Crippen LogP contribution in [0.3, 0.4) is 0 Å². The second kappa shape index (κ2) is 4.38. The minimum absolute atomic E-state index is 0.0445. The molecule has 1 unspecified atom stereocenters. The first-order valence-electron chi connectivity index (χ1n) is 4.79. The third-order valence-corrected chi connectivity index (χ3v) is 2.64. The van der Waals surface area contributed by atoms with Crippen LogP contribution in [0, 0.1) is 0 Å². The van der Waals surface area contributed by atoms with Crippen LogP contribution in [0.4, 0.5) is 0 Å². The van der Waals surface area contributed by atoms with Crippen molar-refractivity contribution in [3.05, 3.63) is 35.9 Å². The van der Waals surface area contributed by atoms with E-state index in [0.29, 0.717) is 12.0 Å². The summed E-state index contributed by atoms with van der Waals surface area (Å²) in [6.45, 7) is 3.77. The van der Waals surface area contributed by atoms with E-state index >= 15 is 0 Å². The van der Waals surface area contributed by atoms with Crippen LogP contribution < -0.4 is 0 Å². The fraction of sp³-hybridized carbons (Fsp3) is 0.417. The van der Waals surface area contributed by atoms with Gasteiger partial charge < -0.3 is 4.74 Å². The van der Waals surface area contributed by atoms with E-state index in [1.807, 2.05) is 44.2 Å². The highest BCUT2D eigenvalue weighted by Crippen LogP contribution is 2.20. The quantitative estimate of drug-likeness (QED) is 0.685. The lowest BCUT2D eigenvalue weighted by Gasteiger charge is -2.24. The molecule has 0 N–H and O–H groups in total. The predicted molar refractivity (Wildman–Crippen MR) is 56.5 cm³/mol. The van der Waals surface area contributed by atoms with Gasteiger partial charge >= 0.3 is 0 Å². The van der Waals surface area contributed by atoms with Crippen molar-refractivity contribution in [2.45, 2.75) is 25.9 Å². The molecule has 1 aromatic rings. The standard InChI is InChI=1S/C12H16O2/c1-4-12(2,14-3)11(13)10-8-6-5-7-9-10/h5-9H,4H2,1-3H3. The molecule has 0 aliphatic rings. The van der Waals surface area contributed by atoms with Gasteiger partial charge in [0.05, 0.1) is 0 Å². The van der Waals surface area contributed by atoms with Crippen LogP contribution in [-0.4, -0.2) is 18.5 Å². The molecule has 0 amide bonds. The Morgan fingerprint density at radius 3 is 2.36 bits per heavy atom. The summed E-state index contributed by atoms with van der Waals surface area (Å²) in [5, 5.41) is 0. The maximum absolute atomic E-state index is 12.0. The molecule has 1 atom stereocenters. The van der Waals surface area contributed by atoms with Gasteiger partial charge in [-0.15, -0.1) is 0 Å². The zero-order chi connectivity index (χ0) is 10.6. The summed E-state index contributed by atoms with van der Waals surface area (Å²) in [7, 11) is 1.57. The highest BCUT2D eigenvalue weighted by molar-refractivity contribution is 6.02. The van der Waals surface area contributed by atoms with Crippen molar-refractivity contribution < 1.29 is 9.53 Å². The average molecular weight is 192 g/mol. The minimum Gasteiger partial charge on any atom is -0.370 e. The fourth-order valence-electron chi connectivity index (χ4n) is 1.29. The van der Waals surface area contributed by atoms with Gasteiger partial charge in [0.1, 0.15) is 5.60 Å². The van der Waals surface area contributed by atoms with Crippen molar-refractivity contribution in [1.82, 2.24) is 0 Å². The van der Waals surface area contributed by atoms with Gasteiger partial charge in [0, 0.05) is 12.7 Å². The molecular weight excluding hydrogens is 176 g/mol. The van der Waals surface area contributed by atoms with Crippen molar-refractivity contribution in [1.29, 1.82) is 0 Å². The molecule has 0 bridgehead atoms. The third kappa shape index (κ3) is 2.02. The number of methoxy groups -OCH3 is 1. The molecule has 2 nitrogen and oxygen atoms in total. The number of ketones is 1. The van der Waals surface area contributed by atoms with Gasteiger partial charge in [0.2, 0.25) is 0 Å². The number of hydrogen-bond donors (Lipinski definition) is 0. The molecule has 2 heteroatoms. The highest BCUT2D eigenvalue weighted by atomic mass is 16.5. The summed E-state index contributed by atoms with van der Waals surface area (Å²) in [6, 6.07) is 9.25. The normalized spacial score (nSPS) is 14.8. The number of hydrogen-bond acceptors (Lipinski definition) is 2. The molecule has 0 saturated carbocycles. The number of carbonyl (C=O) groups excluding carboxylic acids is 1.